The number of nitrogens with one attached hydrogen (secondary N) is 1. The lowest BCUT2D eigenvalue weighted by atomic mass is 10.2. The van der Waals surface area contributed by atoms with Gasteiger partial charge in [-0.05, 0) is 49.2 Å². The fourth-order valence-corrected chi connectivity index (χ4v) is 3.53. The second-order valence-corrected chi connectivity index (χ2v) is 7.28. The number of nitrogens with zero attached hydrogens (tertiary/aromatic N) is 3. The molecule has 6 heteroatoms. The van der Waals surface area contributed by atoms with Gasteiger partial charge in [-0.15, -0.1) is 0 Å². The summed E-state index contributed by atoms with van der Waals surface area (Å²) in [5, 5.41) is 2.96. The molecule has 0 spiro atoms. The minimum atomic E-state index is -0.117. The Bertz CT molecular complexity index is 1110. The number of carbonyl (C=O) groups excluding carboxylic acids is 1. The molecule has 0 aliphatic rings. The zero-order chi connectivity index (χ0) is 21.3. The van der Waals surface area contributed by atoms with Crippen LogP contribution < -0.4 is 10.1 Å². The minimum absolute atomic E-state index is 0.117. The molecule has 2 aromatic carbocycles. The number of carbonyl (C=O) groups is 1. The number of benzene rings is 2. The third-order valence-corrected chi connectivity index (χ3v) is 5.08. The van der Waals surface area contributed by atoms with Gasteiger partial charge in [0.2, 0.25) is 0 Å². The van der Waals surface area contributed by atoms with Crippen molar-refractivity contribution in [2.24, 2.45) is 0 Å². The smallest absolute Gasteiger partial charge is 0.252 e. The van der Waals surface area contributed by atoms with Crippen molar-refractivity contribution in [2.75, 3.05) is 13.2 Å². The summed E-state index contributed by atoms with van der Waals surface area (Å²) in [6.07, 6.45) is 5.84. The average Bonchev–Trinajstić information content (AvgIpc) is 3.17. The molecule has 0 atom stereocenters. The van der Waals surface area contributed by atoms with Gasteiger partial charge >= 0.3 is 0 Å². The van der Waals surface area contributed by atoms with Gasteiger partial charge in [-0.25, -0.2) is 4.98 Å². The molecule has 0 aliphatic heterocycles. The molecule has 4 aromatic rings. The number of hydrogen-bond acceptors (Lipinski definition) is 4. The van der Waals surface area contributed by atoms with E-state index in [0.717, 1.165) is 42.0 Å². The summed E-state index contributed by atoms with van der Waals surface area (Å²) >= 11 is 0. The first kappa shape index (κ1) is 20.6. The summed E-state index contributed by atoms with van der Waals surface area (Å²) in [5.74, 6) is 1.77. The molecule has 0 saturated heterocycles. The highest BCUT2D eigenvalue weighted by Crippen LogP contribution is 2.18. The van der Waals surface area contributed by atoms with Crippen LogP contribution in [0.2, 0.25) is 0 Å². The first-order chi connectivity index (χ1) is 15.3. The quantitative estimate of drug-likeness (QED) is 0.394. The average molecular weight is 415 g/mol. The van der Waals surface area contributed by atoms with Gasteiger partial charge in [-0.3, -0.25) is 9.78 Å². The van der Waals surface area contributed by atoms with Crippen LogP contribution in [0.1, 0.15) is 29.0 Å². The van der Waals surface area contributed by atoms with Crippen LogP contribution in [0.15, 0.2) is 79.1 Å². The number of amides is 1. The van der Waals surface area contributed by atoms with Gasteiger partial charge in [0.1, 0.15) is 11.6 Å². The predicted molar refractivity (Wildman–Crippen MR) is 121 cm³/mol. The maximum absolute atomic E-state index is 12.3. The van der Waals surface area contributed by atoms with Crippen molar-refractivity contribution in [3.8, 4) is 5.75 Å². The van der Waals surface area contributed by atoms with Crippen molar-refractivity contribution in [1.82, 2.24) is 19.9 Å². The molecule has 4 rings (SSSR count). The molecule has 0 aliphatic carbocycles. The number of aryl methyl sites for hydroxylation is 1. The van der Waals surface area contributed by atoms with Crippen LogP contribution in [0.25, 0.3) is 11.0 Å². The van der Waals surface area contributed by atoms with Crippen molar-refractivity contribution in [2.45, 2.75) is 25.8 Å². The summed E-state index contributed by atoms with van der Waals surface area (Å²) in [5.41, 5.74) is 2.67. The predicted octanol–water partition coefficient (Wildman–Crippen LogP) is 4.26. The first-order valence-electron chi connectivity index (χ1n) is 10.6. The van der Waals surface area contributed by atoms with Crippen LogP contribution in [-0.2, 0) is 13.0 Å². The summed E-state index contributed by atoms with van der Waals surface area (Å²) in [7, 11) is 0. The number of pyridine rings is 1. The molecule has 1 N–H and O–H groups in total. The van der Waals surface area contributed by atoms with Gasteiger partial charge in [-0.2, -0.15) is 0 Å². The van der Waals surface area contributed by atoms with E-state index in [1.807, 2.05) is 48.5 Å². The maximum Gasteiger partial charge on any atom is 0.252 e. The number of para-hydroxylation sites is 3. The number of ether oxygens (including phenoxy) is 1. The van der Waals surface area contributed by atoms with Gasteiger partial charge in [0, 0.05) is 31.9 Å². The molecule has 2 heterocycles. The van der Waals surface area contributed by atoms with Crippen molar-refractivity contribution in [1.29, 1.82) is 0 Å². The van der Waals surface area contributed by atoms with Gasteiger partial charge in [0.05, 0.1) is 23.2 Å². The van der Waals surface area contributed by atoms with Crippen LogP contribution >= 0.6 is 0 Å². The molecule has 1 amide bonds. The zero-order valence-corrected chi connectivity index (χ0v) is 17.4. The van der Waals surface area contributed by atoms with Crippen LogP contribution in [0.4, 0.5) is 0 Å². The molecule has 0 saturated carbocycles. The number of aromatic nitrogens is 3. The van der Waals surface area contributed by atoms with Gasteiger partial charge < -0.3 is 14.6 Å². The van der Waals surface area contributed by atoms with Crippen LogP contribution in [-0.4, -0.2) is 33.6 Å². The summed E-state index contributed by atoms with van der Waals surface area (Å²) in [6.45, 7) is 2.08. The lowest BCUT2D eigenvalue weighted by Gasteiger charge is -2.11. The van der Waals surface area contributed by atoms with Crippen molar-refractivity contribution in [3.63, 3.8) is 0 Å². The molecule has 0 unspecified atom stereocenters. The van der Waals surface area contributed by atoms with Crippen molar-refractivity contribution in [3.05, 3.63) is 90.5 Å². The van der Waals surface area contributed by atoms with Gasteiger partial charge in [-0.1, -0.05) is 30.3 Å². The van der Waals surface area contributed by atoms with E-state index in [0.29, 0.717) is 25.1 Å². The Hall–Kier alpha value is -3.67. The molecule has 0 radical (unpaired) electrons. The Morgan fingerprint density at radius 1 is 0.968 bits per heavy atom. The zero-order valence-electron chi connectivity index (χ0n) is 17.4. The Labute approximate surface area is 181 Å². The monoisotopic (exact) mass is 414 g/mol. The third-order valence-electron chi connectivity index (χ3n) is 5.08. The van der Waals surface area contributed by atoms with Crippen LogP contribution in [0.3, 0.4) is 0 Å². The fraction of sp³-hybridized carbons (Fsp3) is 0.240. The molecule has 0 bridgehead atoms. The van der Waals surface area contributed by atoms with E-state index >= 15 is 0 Å². The van der Waals surface area contributed by atoms with Crippen molar-refractivity contribution >= 4 is 16.9 Å². The third kappa shape index (κ3) is 5.48. The fourth-order valence-electron chi connectivity index (χ4n) is 3.53. The molecule has 158 valence electrons. The second-order valence-electron chi connectivity index (χ2n) is 7.28. The molecular weight excluding hydrogens is 388 g/mol. The summed E-state index contributed by atoms with van der Waals surface area (Å²) < 4.78 is 8.06. The lowest BCUT2D eigenvalue weighted by Crippen LogP contribution is -2.26. The Morgan fingerprint density at radius 3 is 2.65 bits per heavy atom. The van der Waals surface area contributed by atoms with Gasteiger partial charge in [0.15, 0.2) is 0 Å². The topological polar surface area (TPSA) is 69.0 Å². The van der Waals surface area contributed by atoms with Crippen LogP contribution in [0, 0.1) is 0 Å². The molecule has 31 heavy (non-hydrogen) atoms. The molecular formula is C25H26N4O2. The highest BCUT2D eigenvalue weighted by Gasteiger charge is 2.11. The SMILES string of the molecule is O=C(NCCc1nc2ccccc2n1CCCCOc1ccccc1)c1cccnc1. The van der Waals surface area contributed by atoms with E-state index in [9.17, 15) is 4.79 Å². The van der Waals surface area contributed by atoms with E-state index in [1.165, 1.54) is 0 Å². The largest absolute Gasteiger partial charge is 0.494 e. The Balaban J connectivity index is 1.33. The van der Waals surface area contributed by atoms with E-state index in [1.54, 1.807) is 24.5 Å². The highest BCUT2D eigenvalue weighted by atomic mass is 16.5. The number of rotatable bonds is 10. The van der Waals surface area contributed by atoms with E-state index in [-0.39, 0.29) is 5.91 Å². The Kier molecular flexibility index (Phi) is 6.90. The Morgan fingerprint density at radius 2 is 1.81 bits per heavy atom. The number of hydrogen-bond donors (Lipinski definition) is 1. The standard InChI is InChI=1S/C25H26N4O2/c30-25(20-9-8-15-26-19-20)27-16-14-24-28-22-12-4-5-13-23(22)29(24)17-6-7-18-31-21-10-2-1-3-11-21/h1-5,8-13,15,19H,6-7,14,16-18H2,(H,27,30). The summed E-state index contributed by atoms with van der Waals surface area (Å²) in [4.78, 5) is 21.1. The number of unbranched alkanes of at least 4 members (excludes halogenated alkanes) is 1. The van der Waals surface area contributed by atoms with E-state index < -0.39 is 0 Å². The molecule has 6 nitrogen and oxygen atoms in total. The highest BCUT2D eigenvalue weighted by molar-refractivity contribution is 5.93. The second kappa shape index (κ2) is 10.4. The van der Waals surface area contributed by atoms with Gasteiger partial charge in [0.25, 0.3) is 5.91 Å². The summed E-state index contributed by atoms with van der Waals surface area (Å²) in [6, 6.07) is 21.6. The normalized spacial score (nSPS) is 10.8. The number of fused-ring (bicyclic) bond motifs is 1. The first-order valence-corrected chi connectivity index (χ1v) is 10.6. The molecule has 0 fully saturated rings. The maximum atomic E-state index is 12.3. The molecule has 2 aromatic heterocycles. The minimum Gasteiger partial charge on any atom is -0.494 e. The van der Waals surface area contributed by atoms with Crippen molar-refractivity contribution < 1.29 is 9.53 Å². The van der Waals surface area contributed by atoms with E-state index in [2.05, 4.69) is 20.9 Å². The number of imidazole rings is 1. The van der Waals surface area contributed by atoms with Crippen LogP contribution in [0.5, 0.6) is 5.75 Å². The van der Waals surface area contributed by atoms with E-state index in [4.69, 9.17) is 9.72 Å². The lowest BCUT2D eigenvalue weighted by molar-refractivity contribution is 0.0953.